The van der Waals surface area contributed by atoms with E-state index in [2.05, 4.69) is 6.92 Å². The Kier molecular flexibility index (Phi) is 3.61. The smallest absolute Gasteiger partial charge is 0.162 e. The van der Waals surface area contributed by atoms with Crippen molar-refractivity contribution in [1.29, 1.82) is 0 Å². The minimum absolute atomic E-state index is 0.0310. The average molecular weight is 360 g/mol. The van der Waals surface area contributed by atoms with Crippen LogP contribution in [0.3, 0.4) is 0 Å². The summed E-state index contributed by atoms with van der Waals surface area (Å²) in [6.45, 7) is 1.84. The largest absolute Gasteiger partial charge is 0.389 e. The van der Waals surface area contributed by atoms with Gasteiger partial charge in [-0.3, -0.25) is 9.59 Å². The van der Waals surface area contributed by atoms with Crippen molar-refractivity contribution in [2.24, 2.45) is 34.5 Å². The number of hydrogen-bond acceptors (Lipinski definition) is 5. The second-order valence-corrected chi connectivity index (χ2v) is 9.49. The molecule has 26 heavy (non-hydrogen) atoms. The van der Waals surface area contributed by atoms with Gasteiger partial charge in [-0.1, -0.05) is 12.5 Å². The van der Waals surface area contributed by atoms with Gasteiger partial charge >= 0.3 is 0 Å². The number of ether oxygens (including phenoxy) is 1. The predicted octanol–water partition coefficient (Wildman–Crippen LogP) is 2.00. The van der Waals surface area contributed by atoms with Crippen LogP contribution in [0.4, 0.5) is 0 Å². The number of Topliss-reactive ketones (excluding diaryl/α,β-unsaturated/α-hetero) is 1. The van der Waals surface area contributed by atoms with Crippen molar-refractivity contribution in [3.63, 3.8) is 0 Å². The lowest BCUT2D eigenvalue weighted by atomic mass is 9.46. The van der Waals surface area contributed by atoms with E-state index in [0.717, 1.165) is 32.1 Å². The van der Waals surface area contributed by atoms with Crippen molar-refractivity contribution in [2.75, 3.05) is 6.61 Å². The molecule has 5 heteroatoms. The van der Waals surface area contributed by atoms with Crippen molar-refractivity contribution in [2.45, 2.75) is 64.3 Å². The van der Waals surface area contributed by atoms with E-state index in [1.54, 1.807) is 0 Å². The van der Waals surface area contributed by atoms with E-state index in [1.807, 2.05) is 6.08 Å². The molecule has 5 nitrogen and oxygen atoms in total. The molecule has 5 rings (SSSR count). The van der Waals surface area contributed by atoms with Crippen LogP contribution in [-0.2, 0) is 14.3 Å². The standard InChI is InChI=1S/C21H28O5/c1-20-7-6-12(23)8-11(20)2-3-13-14-4-5-15(16(24)10-22)21(14)9-17(18(13)20)26-19(21)25/h8,13-15,17-19,22,25H,2-7,9-10H2,1H3/t13-,14-,15+,17-,18+,19-,20-,21+/m0/s1. The summed E-state index contributed by atoms with van der Waals surface area (Å²) < 4.78 is 6.13. The Labute approximate surface area is 153 Å². The zero-order chi connectivity index (χ0) is 18.3. The van der Waals surface area contributed by atoms with Gasteiger partial charge in [0.2, 0.25) is 0 Å². The molecule has 1 heterocycles. The molecule has 0 unspecified atom stereocenters. The van der Waals surface area contributed by atoms with Gasteiger partial charge in [-0.2, -0.15) is 0 Å². The molecule has 4 fully saturated rings. The van der Waals surface area contributed by atoms with Crippen LogP contribution in [0.5, 0.6) is 0 Å². The first kappa shape index (κ1) is 17.1. The maximum absolute atomic E-state index is 12.4. The Balaban J connectivity index is 1.57. The van der Waals surface area contributed by atoms with E-state index in [1.165, 1.54) is 5.57 Å². The van der Waals surface area contributed by atoms with Crippen LogP contribution in [0, 0.1) is 34.5 Å². The fourth-order valence-electron chi connectivity index (χ4n) is 7.80. The lowest BCUT2D eigenvalue weighted by Gasteiger charge is -2.57. The third-order valence-corrected chi connectivity index (χ3v) is 8.79. The van der Waals surface area contributed by atoms with Gasteiger partial charge in [0.1, 0.15) is 6.61 Å². The molecule has 0 radical (unpaired) electrons. The topological polar surface area (TPSA) is 83.8 Å². The van der Waals surface area contributed by atoms with E-state index >= 15 is 0 Å². The number of carbonyl (C=O) groups excluding carboxylic acids is 2. The summed E-state index contributed by atoms with van der Waals surface area (Å²) in [6, 6.07) is 0. The molecule has 0 amide bonds. The number of carbonyl (C=O) groups is 2. The van der Waals surface area contributed by atoms with Crippen LogP contribution in [0.15, 0.2) is 11.6 Å². The highest BCUT2D eigenvalue weighted by atomic mass is 16.6. The second kappa shape index (κ2) is 5.49. The summed E-state index contributed by atoms with van der Waals surface area (Å²) in [5, 5.41) is 20.4. The summed E-state index contributed by atoms with van der Waals surface area (Å²) in [7, 11) is 0. The number of fused-ring (bicyclic) bond motifs is 6. The molecule has 4 aliphatic carbocycles. The molecule has 0 aromatic carbocycles. The van der Waals surface area contributed by atoms with E-state index in [4.69, 9.17) is 4.74 Å². The zero-order valence-corrected chi connectivity index (χ0v) is 15.3. The van der Waals surface area contributed by atoms with Crippen LogP contribution in [0.2, 0.25) is 0 Å². The van der Waals surface area contributed by atoms with Gasteiger partial charge in [0.05, 0.1) is 6.10 Å². The third kappa shape index (κ3) is 1.92. The average Bonchev–Trinajstić information content (AvgIpc) is 3.14. The number of allylic oxidation sites excluding steroid dienone is 1. The second-order valence-electron chi connectivity index (χ2n) is 9.49. The van der Waals surface area contributed by atoms with E-state index in [0.29, 0.717) is 24.7 Å². The van der Waals surface area contributed by atoms with Crippen LogP contribution >= 0.6 is 0 Å². The fraction of sp³-hybridized carbons (Fsp3) is 0.810. The highest BCUT2D eigenvalue weighted by molar-refractivity contribution is 5.91. The SMILES string of the molecule is C[C@]12CCC(=O)C=C1CC[C@@H]1[C@@H]2[C@@H]2C[C@@]3([C@@H](C(=O)CO)CC[C@@H]13)[C@@H](O)O2. The van der Waals surface area contributed by atoms with E-state index < -0.39 is 18.3 Å². The minimum atomic E-state index is -0.910. The normalized spacial score (nSPS) is 52.1. The molecule has 0 aromatic heterocycles. The number of hydrogen-bond donors (Lipinski definition) is 2. The van der Waals surface area contributed by atoms with Gasteiger partial charge in [0.25, 0.3) is 0 Å². The molecule has 0 aromatic rings. The first-order chi connectivity index (χ1) is 12.4. The molecule has 1 spiro atoms. The van der Waals surface area contributed by atoms with Crippen molar-refractivity contribution < 1.29 is 24.5 Å². The monoisotopic (exact) mass is 360 g/mol. The quantitative estimate of drug-likeness (QED) is 0.787. The van der Waals surface area contributed by atoms with Crippen molar-refractivity contribution >= 4 is 11.6 Å². The Bertz CT molecular complexity index is 699. The van der Waals surface area contributed by atoms with Crippen molar-refractivity contribution in [3.05, 3.63) is 11.6 Å². The van der Waals surface area contributed by atoms with E-state index in [-0.39, 0.29) is 34.9 Å². The first-order valence-corrected chi connectivity index (χ1v) is 10.1. The summed E-state index contributed by atoms with van der Waals surface area (Å²) >= 11 is 0. The van der Waals surface area contributed by atoms with Gasteiger partial charge in [0.15, 0.2) is 17.9 Å². The van der Waals surface area contributed by atoms with Crippen LogP contribution in [0.25, 0.3) is 0 Å². The van der Waals surface area contributed by atoms with Crippen LogP contribution in [0.1, 0.15) is 51.9 Å². The molecular formula is C21H28O5. The molecule has 1 saturated heterocycles. The Morgan fingerprint density at radius 2 is 2.12 bits per heavy atom. The van der Waals surface area contributed by atoms with Gasteiger partial charge in [-0.05, 0) is 67.8 Å². The zero-order valence-electron chi connectivity index (χ0n) is 15.3. The predicted molar refractivity (Wildman–Crippen MR) is 92.9 cm³/mol. The lowest BCUT2D eigenvalue weighted by molar-refractivity contribution is -0.160. The van der Waals surface area contributed by atoms with Crippen LogP contribution < -0.4 is 0 Å². The molecule has 5 aliphatic rings. The first-order valence-electron chi connectivity index (χ1n) is 10.1. The Morgan fingerprint density at radius 1 is 1.31 bits per heavy atom. The van der Waals surface area contributed by atoms with E-state index in [9.17, 15) is 19.8 Å². The number of ketones is 2. The summed E-state index contributed by atoms with van der Waals surface area (Å²) in [6.07, 6.45) is 6.72. The highest BCUT2D eigenvalue weighted by Gasteiger charge is 2.71. The highest BCUT2D eigenvalue weighted by Crippen LogP contribution is 2.71. The molecular weight excluding hydrogens is 332 g/mol. The summed E-state index contributed by atoms with van der Waals surface area (Å²) in [5.74, 6) is 0.837. The maximum Gasteiger partial charge on any atom is 0.162 e. The molecule has 8 atom stereocenters. The number of rotatable bonds is 2. The molecule has 2 N–H and O–H groups in total. The summed E-state index contributed by atoms with van der Waals surface area (Å²) in [4.78, 5) is 24.4. The molecule has 1 aliphatic heterocycles. The third-order valence-electron chi connectivity index (χ3n) is 8.79. The molecule has 142 valence electrons. The van der Waals surface area contributed by atoms with Gasteiger partial charge in [0, 0.05) is 17.8 Å². The maximum atomic E-state index is 12.4. The van der Waals surface area contributed by atoms with Gasteiger partial charge < -0.3 is 14.9 Å². The van der Waals surface area contributed by atoms with Crippen molar-refractivity contribution in [1.82, 2.24) is 0 Å². The van der Waals surface area contributed by atoms with Crippen molar-refractivity contribution in [3.8, 4) is 0 Å². The van der Waals surface area contributed by atoms with Gasteiger partial charge in [-0.25, -0.2) is 0 Å². The lowest BCUT2D eigenvalue weighted by Crippen LogP contribution is -2.55. The molecule has 2 bridgehead atoms. The Morgan fingerprint density at radius 3 is 2.88 bits per heavy atom. The van der Waals surface area contributed by atoms with Gasteiger partial charge in [-0.15, -0.1) is 0 Å². The fourth-order valence-corrected chi connectivity index (χ4v) is 7.80. The minimum Gasteiger partial charge on any atom is -0.389 e. The van der Waals surface area contributed by atoms with Crippen LogP contribution in [-0.4, -0.2) is 40.8 Å². The molecule has 3 saturated carbocycles. The Hall–Kier alpha value is -1.04. The number of aliphatic hydroxyl groups excluding tert-OH is 2. The number of aliphatic hydroxyl groups is 2. The summed E-state index contributed by atoms with van der Waals surface area (Å²) in [5.41, 5.74) is 0.735.